The lowest BCUT2D eigenvalue weighted by atomic mass is 10.1. The Balaban J connectivity index is 1.74. The molecule has 0 amide bonds. The van der Waals surface area contributed by atoms with Gasteiger partial charge in [0.2, 0.25) is 11.5 Å². The van der Waals surface area contributed by atoms with Gasteiger partial charge in [0.05, 0.1) is 42.6 Å². The molecule has 4 N–H and O–H groups in total. The number of rotatable bonds is 10. The van der Waals surface area contributed by atoms with Crippen molar-refractivity contribution in [2.75, 3.05) is 0 Å². The molecule has 5 aromatic rings. The molecule has 0 atom stereocenters. The van der Waals surface area contributed by atoms with Gasteiger partial charge in [0.1, 0.15) is 11.5 Å². The third kappa shape index (κ3) is 8.45. The van der Waals surface area contributed by atoms with E-state index in [4.69, 9.17) is 46.4 Å². The average molecular weight is 782 g/mol. The van der Waals surface area contributed by atoms with E-state index in [0.29, 0.717) is 0 Å². The Morgan fingerprint density at radius 3 is 1.13 bits per heavy atom. The second-order valence-corrected chi connectivity index (χ2v) is 12.1. The van der Waals surface area contributed by atoms with E-state index >= 15 is 0 Å². The second kappa shape index (κ2) is 15.9. The van der Waals surface area contributed by atoms with Gasteiger partial charge in [-0.2, -0.15) is 0 Å². The molecule has 0 aromatic heterocycles. The molecule has 5 aromatic carbocycles. The van der Waals surface area contributed by atoms with Crippen molar-refractivity contribution in [1.29, 1.82) is 0 Å². The van der Waals surface area contributed by atoms with E-state index in [1.54, 1.807) is 0 Å². The zero-order chi connectivity index (χ0) is 37.7. The number of aliphatic imine (C=N–C) groups is 4. The molecule has 52 heavy (non-hydrogen) atoms. The van der Waals surface area contributed by atoms with Gasteiger partial charge in [0.15, 0.2) is 0 Å². The topological polar surface area (TPSA) is 217 Å². The lowest BCUT2D eigenvalue weighted by Crippen LogP contribution is -1.92. The van der Waals surface area contributed by atoms with Gasteiger partial charge in [-0.05, 0) is 48.5 Å². The lowest BCUT2D eigenvalue weighted by Gasteiger charge is -2.09. The van der Waals surface area contributed by atoms with Crippen LogP contribution in [-0.2, 0) is 0 Å². The molecule has 0 bridgehead atoms. The highest BCUT2D eigenvalue weighted by Crippen LogP contribution is 2.42. The summed E-state index contributed by atoms with van der Waals surface area (Å²) in [4.78, 5) is 39.0. The summed E-state index contributed by atoms with van der Waals surface area (Å²) in [6, 6.07) is 15.9. The highest BCUT2D eigenvalue weighted by molar-refractivity contribution is 6.36. The first-order valence-corrected chi connectivity index (χ1v) is 15.9. The Hall–Kier alpha value is -6.06. The van der Waals surface area contributed by atoms with Crippen LogP contribution < -0.4 is 0 Å². The maximum atomic E-state index is 11.4. The molecule has 18 heteroatoms. The molecule has 0 saturated heterocycles. The fraction of sp³-hybridized carbons (Fsp3) is 0. The standard InChI is InChI=1S/C34H20Cl4N6O8/c35-21-7-19(31(45)23(37)9-21)15-41-27-12-28(42-16-20-8-22(36)10-24(38)32(20)46)26(40-14-18-4-2-6-30(34(18)48)44(51)52)11-25(27)39-13-17-3-1-5-29(33(17)47)43(49)50/h1-16,45-48H. The Morgan fingerprint density at radius 1 is 0.481 bits per heavy atom. The van der Waals surface area contributed by atoms with E-state index in [0.717, 1.165) is 24.6 Å². The summed E-state index contributed by atoms with van der Waals surface area (Å²) in [6.45, 7) is 0. The minimum atomic E-state index is -0.765. The number of hydrogen-bond donors (Lipinski definition) is 4. The van der Waals surface area contributed by atoms with E-state index < -0.39 is 32.7 Å². The lowest BCUT2D eigenvalue weighted by molar-refractivity contribution is -0.386. The maximum absolute atomic E-state index is 11.4. The predicted molar refractivity (Wildman–Crippen MR) is 201 cm³/mol. The Morgan fingerprint density at radius 2 is 0.808 bits per heavy atom. The van der Waals surface area contributed by atoms with Crippen LogP contribution in [0.1, 0.15) is 22.3 Å². The van der Waals surface area contributed by atoms with E-state index in [1.165, 1.54) is 73.1 Å². The molecule has 0 spiro atoms. The van der Waals surface area contributed by atoms with Gasteiger partial charge >= 0.3 is 11.4 Å². The SMILES string of the molecule is O=[N+]([O-])c1cccc(C=Nc2cc(N=Cc3cccc([N+](=O)[O-])c3O)c(N=Cc3cc(Cl)cc(Cl)c3O)cc2N=Cc2cc(Cl)cc(Cl)c2O)c1O. The van der Waals surface area contributed by atoms with Crippen LogP contribution in [0.25, 0.3) is 0 Å². The zero-order valence-corrected chi connectivity index (χ0v) is 28.9. The number of hydrogen-bond acceptors (Lipinski definition) is 12. The summed E-state index contributed by atoms with van der Waals surface area (Å²) in [5.74, 6) is -1.96. The van der Waals surface area contributed by atoms with Gasteiger partial charge in [-0.15, -0.1) is 0 Å². The molecule has 0 radical (unpaired) electrons. The summed E-state index contributed by atoms with van der Waals surface area (Å²) in [5, 5.41) is 65.1. The molecule has 0 saturated carbocycles. The fourth-order valence-electron chi connectivity index (χ4n) is 4.49. The van der Waals surface area contributed by atoms with Crippen molar-refractivity contribution in [3.8, 4) is 23.0 Å². The number of para-hydroxylation sites is 2. The van der Waals surface area contributed by atoms with E-state index in [9.17, 15) is 40.7 Å². The number of nitrogens with zero attached hydrogens (tertiary/aromatic N) is 6. The summed E-state index contributed by atoms with van der Waals surface area (Å²) in [7, 11) is 0. The van der Waals surface area contributed by atoms with E-state index in [-0.39, 0.29) is 76.6 Å². The number of nitro groups is 2. The Bertz CT molecular complexity index is 2220. The summed E-state index contributed by atoms with van der Waals surface area (Å²) >= 11 is 24.4. The predicted octanol–water partition coefficient (Wildman–Crippen LogP) is 9.94. The minimum absolute atomic E-state index is 0.0228. The number of aromatic hydroxyl groups is 4. The first-order valence-electron chi connectivity index (χ1n) is 14.4. The highest BCUT2D eigenvalue weighted by Gasteiger charge is 2.18. The zero-order valence-electron chi connectivity index (χ0n) is 25.9. The van der Waals surface area contributed by atoms with Crippen LogP contribution in [0, 0.1) is 20.2 Å². The van der Waals surface area contributed by atoms with E-state index in [1.807, 2.05) is 0 Å². The van der Waals surface area contributed by atoms with Gasteiger partial charge in [-0.1, -0.05) is 58.5 Å². The largest absolute Gasteiger partial charge is 0.506 e. The van der Waals surface area contributed by atoms with Crippen molar-refractivity contribution in [3.63, 3.8) is 0 Å². The van der Waals surface area contributed by atoms with Crippen molar-refractivity contribution in [2.24, 2.45) is 20.0 Å². The van der Waals surface area contributed by atoms with Crippen molar-refractivity contribution >= 4 is 105 Å². The Kier molecular flexibility index (Phi) is 11.4. The van der Waals surface area contributed by atoms with Gasteiger partial charge in [0.25, 0.3) is 0 Å². The van der Waals surface area contributed by atoms with Crippen LogP contribution in [-0.4, -0.2) is 55.1 Å². The normalized spacial score (nSPS) is 11.8. The van der Waals surface area contributed by atoms with Crippen molar-refractivity contribution in [2.45, 2.75) is 0 Å². The molecule has 0 aliphatic heterocycles. The maximum Gasteiger partial charge on any atom is 0.311 e. The minimum Gasteiger partial charge on any atom is -0.506 e. The molecule has 0 aliphatic rings. The highest BCUT2D eigenvalue weighted by atomic mass is 35.5. The van der Waals surface area contributed by atoms with Gasteiger partial charge < -0.3 is 20.4 Å². The molecular formula is C34H20Cl4N6O8. The summed E-state index contributed by atoms with van der Waals surface area (Å²) in [5.41, 5.74) is -0.723. The number of phenolic OH excluding ortho intramolecular Hbond substituents is 4. The fourth-order valence-corrected chi connectivity index (χ4v) is 5.51. The van der Waals surface area contributed by atoms with Crippen LogP contribution in [0.4, 0.5) is 34.1 Å². The number of halogens is 4. The third-order valence-electron chi connectivity index (χ3n) is 7.04. The van der Waals surface area contributed by atoms with Crippen molar-refractivity contribution < 1.29 is 30.3 Å². The molecule has 0 heterocycles. The first kappa shape index (κ1) is 37.2. The summed E-state index contributed by atoms with van der Waals surface area (Å²) < 4.78 is 0. The molecule has 5 rings (SSSR count). The smallest absolute Gasteiger partial charge is 0.311 e. The van der Waals surface area contributed by atoms with Crippen molar-refractivity contribution in [1.82, 2.24) is 0 Å². The first-order chi connectivity index (χ1) is 24.7. The van der Waals surface area contributed by atoms with Gasteiger partial charge in [-0.3, -0.25) is 40.2 Å². The number of benzene rings is 5. The van der Waals surface area contributed by atoms with Crippen LogP contribution >= 0.6 is 46.4 Å². The van der Waals surface area contributed by atoms with Crippen LogP contribution in [0.2, 0.25) is 20.1 Å². The molecule has 0 unspecified atom stereocenters. The van der Waals surface area contributed by atoms with Gasteiger partial charge in [-0.25, -0.2) is 0 Å². The van der Waals surface area contributed by atoms with Crippen LogP contribution in [0.15, 0.2) is 92.8 Å². The summed E-state index contributed by atoms with van der Waals surface area (Å²) in [6.07, 6.45) is 4.73. The average Bonchev–Trinajstić information content (AvgIpc) is 3.09. The van der Waals surface area contributed by atoms with Crippen molar-refractivity contribution in [3.05, 3.63) is 135 Å². The van der Waals surface area contributed by atoms with E-state index in [2.05, 4.69) is 20.0 Å². The Labute approximate surface area is 312 Å². The molecule has 0 aliphatic carbocycles. The van der Waals surface area contributed by atoms with Crippen LogP contribution in [0.5, 0.6) is 23.0 Å². The van der Waals surface area contributed by atoms with Gasteiger partial charge in [0, 0.05) is 69.3 Å². The monoisotopic (exact) mass is 780 g/mol. The third-order valence-corrected chi connectivity index (χ3v) is 8.06. The second-order valence-electron chi connectivity index (χ2n) is 10.5. The molecule has 14 nitrogen and oxygen atoms in total. The van der Waals surface area contributed by atoms with Crippen LogP contribution in [0.3, 0.4) is 0 Å². The number of phenols is 4. The number of nitro benzene ring substituents is 2. The molecule has 0 fully saturated rings. The molecular weight excluding hydrogens is 762 g/mol. The molecule has 262 valence electrons. The quantitative estimate of drug-likeness (QED) is 0.0606.